The normalized spacial score (nSPS) is 10.5. The Labute approximate surface area is 123 Å². The van der Waals surface area contributed by atoms with E-state index in [1.807, 2.05) is 24.3 Å². The maximum Gasteiger partial charge on any atom is 0.120 e. The Morgan fingerprint density at radius 3 is 2.42 bits per heavy atom. The average Bonchev–Trinajstić information content (AvgIpc) is 2.41. The van der Waals surface area contributed by atoms with Gasteiger partial charge in [-0.2, -0.15) is 0 Å². The molecule has 0 aliphatic carbocycles. The van der Waals surface area contributed by atoms with Crippen molar-refractivity contribution in [3.8, 4) is 5.75 Å². The summed E-state index contributed by atoms with van der Waals surface area (Å²) in [4.78, 5) is 0. The second kappa shape index (κ2) is 6.18. The monoisotopic (exact) mass is 295 g/mol. The summed E-state index contributed by atoms with van der Waals surface area (Å²) >= 11 is 12.2. The van der Waals surface area contributed by atoms with Crippen LogP contribution in [-0.2, 0) is 13.0 Å². The number of aryl methyl sites for hydroxylation is 1. The molecule has 2 aromatic rings. The van der Waals surface area contributed by atoms with Crippen molar-refractivity contribution in [1.82, 2.24) is 0 Å². The number of nitrogen functional groups attached to an aromatic ring is 1. The van der Waals surface area contributed by atoms with Crippen molar-refractivity contribution in [3.63, 3.8) is 0 Å². The van der Waals surface area contributed by atoms with Crippen molar-refractivity contribution >= 4 is 28.9 Å². The van der Waals surface area contributed by atoms with Crippen LogP contribution in [0.2, 0.25) is 10.0 Å². The molecule has 0 amide bonds. The highest BCUT2D eigenvalue weighted by atomic mass is 35.5. The Balaban J connectivity index is 2.12. The van der Waals surface area contributed by atoms with E-state index in [1.54, 1.807) is 12.1 Å². The average molecular weight is 296 g/mol. The van der Waals surface area contributed by atoms with Crippen LogP contribution in [0.5, 0.6) is 5.75 Å². The zero-order valence-electron chi connectivity index (χ0n) is 10.6. The number of hydrogen-bond acceptors (Lipinski definition) is 2. The molecular weight excluding hydrogens is 281 g/mol. The molecular formula is C15H15Cl2NO. The van der Waals surface area contributed by atoms with Gasteiger partial charge in [-0.3, -0.25) is 0 Å². The van der Waals surface area contributed by atoms with E-state index in [4.69, 9.17) is 33.7 Å². The largest absolute Gasteiger partial charge is 0.489 e. The number of rotatable bonds is 4. The summed E-state index contributed by atoms with van der Waals surface area (Å²) in [5, 5.41) is 1.41. The minimum Gasteiger partial charge on any atom is -0.489 e. The molecule has 0 saturated carbocycles. The van der Waals surface area contributed by atoms with Crippen molar-refractivity contribution in [2.75, 3.05) is 5.73 Å². The first-order chi connectivity index (χ1) is 9.10. The van der Waals surface area contributed by atoms with Crippen molar-refractivity contribution in [1.29, 1.82) is 0 Å². The molecule has 0 heterocycles. The van der Waals surface area contributed by atoms with Crippen molar-refractivity contribution in [3.05, 3.63) is 57.6 Å². The topological polar surface area (TPSA) is 35.2 Å². The molecule has 0 aliphatic heterocycles. The molecule has 0 bridgehead atoms. The number of anilines is 1. The molecule has 0 saturated heterocycles. The standard InChI is InChI=1S/C15H15Cl2NO/c1-2-10-8-13(4-6-14(10)16)19-9-11-7-12(18)3-5-15(11)17/h3-8H,2,9,18H2,1H3. The highest BCUT2D eigenvalue weighted by Crippen LogP contribution is 2.25. The van der Waals surface area contributed by atoms with Crippen LogP contribution in [-0.4, -0.2) is 0 Å². The van der Waals surface area contributed by atoms with E-state index in [9.17, 15) is 0 Å². The van der Waals surface area contributed by atoms with Crippen LogP contribution in [0.4, 0.5) is 5.69 Å². The molecule has 2 rings (SSSR count). The Bertz CT molecular complexity index is 584. The summed E-state index contributed by atoms with van der Waals surface area (Å²) in [7, 11) is 0. The molecule has 2 aromatic carbocycles. The van der Waals surface area contributed by atoms with Gasteiger partial charge in [0.05, 0.1) is 0 Å². The first-order valence-corrected chi connectivity index (χ1v) is 6.81. The molecule has 0 spiro atoms. The zero-order valence-corrected chi connectivity index (χ0v) is 12.1. The predicted molar refractivity (Wildman–Crippen MR) is 81.0 cm³/mol. The molecule has 0 radical (unpaired) electrons. The fraction of sp³-hybridized carbons (Fsp3) is 0.200. The Hall–Kier alpha value is -1.38. The van der Waals surface area contributed by atoms with Gasteiger partial charge in [-0.25, -0.2) is 0 Å². The van der Waals surface area contributed by atoms with Crippen LogP contribution in [0.3, 0.4) is 0 Å². The molecule has 0 fully saturated rings. The third kappa shape index (κ3) is 3.55. The van der Waals surface area contributed by atoms with Crippen molar-refractivity contribution in [2.24, 2.45) is 0 Å². The molecule has 0 aliphatic rings. The second-order valence-corrected chi connectivity index (χ2v) is 5.06. The SMILES string of the molecule is CCc1cc(OCc2cc(N)ccc2Cl)ccc1Cl. The minimum atomic E-state index is 0.384. The van der Waals surface area contributed by atoms with E-state index >= 15 is 0 Å². The maximum absolute atomic E-state index is 6.09. The molecule has 4 heteroatoms. The van der Waals surface area contributed by atoms with Gasteiger partial charge >= 0.3 is 0 Å². The van der Waals surface area contributed by atoms with Gasteiger partial charge in [-0.05, 0) is 48.4 Å². The van der Waals surface area contributed by atoms with Crippen molar-refractivity contribution in [2.45, 2.75) is 20.0 Å². The van der Waals surface area contributed by atoms with Gasteiger partial charge < -0.3 is 10.5 Å². The van der Waals surface area contributed by atoms with Gasteiger partial charge in [-0.1, -0.05) is 30.1 Å². The third-order valence-electron chi connectivity index (χ3n) is 2.86. The Morgan fingerprint density at radius 2 is 1.68 bits per heavy atom. The van der Waals surface area contributed by atoms with Crippen LogP contribution < -0.4 is 10.5 Å². The van der Waals surface area contributed by atoms with Gasteiger partial charge in [0, 0.05) is 21.3 Å². The quantitative estimate of drug-likeness (QED) is 0.829. The highest BCUT2D eigenvalue weighted by Gasteiger charge is 2.04. The van der Waals surface area contributed by atoms with Crippen LogP contribution in [0.25, 0.3) is 0 Å². The third-order valence-corrected chi connectivity index (χ3v) is 3.60. The molecule has 19 heavy (non-hydrogen) atoms. The van der Waals surface area contributed by atoms with E-state index in [2.05, 4.69) is 6.92 Å². The van der Waals surface area contributed by atoms with Crippen LogP contribution in [0.1, 0.15) is 18.1 Å². The van der Waals surface area contributed by atoms with Gasteiger partial charge in [0.25, 0.3) is 0 Å². The number of ether oxygens (including phenoxy) is 1. The lowest BCUT2D eigenvalue weighted by Crippen LogP contribution is -1.98. The van der Waals surface area contributed by atoms with Gasteiger partial charge in [0.15, 0.2) is 0 Å². The highest BCUT2D eigenvalue weighted by molar-refractivity contribution is 6.31. The summed E-state index contributed by atoms with van der Waals surface area (Å²) in [6.07, 6.45) is 0.870. The summed E-state index contributed by atoms with van der Waals surface area (Å²) in [6, 6.07) is 11.0. The van der Waals surface area contributed by atoms with Gasteiger partial charge in [-0.15, -0.1) is 0 Å². The summed E-state index contributed by atoms with van der Waals surface area (Å²) < 4.78 is 5.73. The number of benzene rings is 2. The maximum atomic E-state index is 6.09. The lowest BCUT2D eigenvalue weighted by Gasteiger charge is -2.10. The van der Waals surface area contributed by atoms with Crippen LogP contribution in [0.15, 0.2) is 36.4 Å². The minimum absolute atomic E-state index is 0.384. The Morgan fingerprint density at radius 1 is 1.00 bits per heavy atom. The number of nitrogens with two attached hydrogens (primary N) is 1. The van der Waals surface area contributed by atoms with E-state index in [1.165, 1.54) is 0 Å². The summed E-state index contributed by atoms with van der Waals surface area (Å²) in [5.41, 5.74) is 8.34. The second-order valence-electron chi connectivity index (χ2n) is 4.25. The molecule has 2 nitrogen and oxygen atoms in total. The van der Waals surface area contributed by atoms with Crippen LogP contribution >= 0.6 is 23.2 Å². The number of hydrogen-bond donors (Lipinski definition) is 1. The first-order valence-electron chi connectivity index (χ1n) is 6.05. The lowest BCUT2D eigenvalue weighted by atomic mass is 10.1. The first kappa shape index (κ1) is 14.0. The molecule has 0 atom stereocenters. The van der Waals surface area contributed by atoms with Gasteiger partial charge in [0.2, 0.25) is 0 Å². The predicted octanol–water partition coefficient (Wildman–Crippen LogP) is 4.72. The fourth-order valence-corrected chi connectivity index (χ4v) is 2.20. The fourth-order valence-electron chi connectivity index (χ4n) is 1.78. The summed E-state index contributed by atoms with van der Waals surface area (Å²) in [5.74, 6) is 0.778. The Kier molecular flexibility index (Phi) is 4.56. The lowest BCUT2D eigenvalue weighted by molar-refractivity contribution is 0.306. The van der Waals surface area contributed by atoms with E-state index < -0.39 is 0 Å². The van der Waals surface area contributed by atoms with Crippen LogP contribution in [0, 0.1) is 0 Å². The van der Waals surface area contributed by atoms with Crippen molar-refractivity contribution < 1.29 is 4.74 Å². The molecule has 100 valence electrons. The molecule has 0 aromatic heterocycles. The van der Waals surface area contributed by atoms with E-state index in [0.717, 1.165) is 28.3 Å². The molecule has 2 N–H and O–H groups in total. The smallest absolute Gasteiger partial charge is 0.120 e. The number of halogens is 2. The molecule has 0 unspecified atom stereocenters. The van der Waals surface area contributed by atoms with Gasteiger partial charge in [0.1, 0.15) is 12.4 Å². The van der Waals surface area contributed by atoms with E-state index in [-0.39, 0.29) is 0 Å². The van der Waals surface area contributed by atoms with E-state index in [0.29, 0.717) is 17.3 Å². The summed E-state index contributed by atoms with van der Waals surface area (Å²) in [6.45, 7) is 2.44. The zero-order chi connectivity index (χ0) is 13.8.